The van der Waals surface area contributed by atoms with Crippen LogP contribution in [0.5, 0.6) is 0 Å². The van der Waals surface area contributed by atoms with E-state index in [0.29, 0.717) is 16.9 Å². The average Bonchev–Trinajstić information content (AvgIpc) is 3.26. The second kappa shape index (κ2) is 15.4. The minimum Gasteiger partial charge on any atom is -0.344 e. The lowest BCUT2D eigenvalue weighted by atomic mass is 9.99. The number of fused-ring (bicyclic) bond motifs is 1. The molecule has 1 fully saturated rings. The lowest BCUT2D eigenvalue weighted by molar-refractivity contribution is -0.189. The maximum Gasteiger partial charge on any atom is 0.471 e. The minimum absolute atomic E-state index is 0.0513. The lowest BCUT2D eigenvalue weighted by Crippen LogP contribution is -2.56. The molecule has 0 bridgehead atoms. The molecule has 0 spiro atoms. The first-order chi connectivity index (χ1) is 23.4. The Balaban J connectivity index is 1.30. The van der Waals surface area contributed by atoms with Gasteiger partial charge in [0.05, 0.1) is 24.7 Å². The molecule has 2 atom stereocenters. The fourth-order valence-electron chi connectivity index (χ4n) is 6.16. The van der Waals surface area contributed by atoms with Gasteiger partial charge in [0.1, 0.15) is 6.04 Å². The van der Waals surface area contributed by atoms with Crippen LogP contribution in [0, 0.1) is 5.92 Å². The van der Waals surface area contributed by atoms with Gasteiger partial charge in [-0.05, 0) is 71.3 Å². The first kappa shape index (κ1) is 35.3. The van der Waals surface area contributed by atoms with Crippen LogP contribution in [0.3, 0.4) is 0 Å². The Morgan fingerprint density at radius 3 is 2.41 bits per heavy atom. The molecule has 4 aromatic rings. The van der Waals surface area contributed by atoms with E-state index in [1.165, 1.54) is 4.90 Å². The minimum atomic E-state index is -5.22. The third kappa shape index (κ3) is 9.10. The Kier molecular flexibility index (Phi) is 11.1. The molecule has 1 saturated heterocycles. The Morgan fingerprint density at radius 2 is 1.69 bits per heavy atom. The number of hydrogen-bond acceptors (Lipinski definition) is 5. The Hall–Kier alpha value is -5.06. The molecule has 3 amide bonds. The number of carbonyl (C=O) groups is 4. The molecular weight excluding hydrogens is 633 g/mol. The molecule has 11 heteroatoms. The van der Waals surface area contributed by atoms with Gasteiger partial charge in [0.2, 0.25) is 11.8 Å². The van der Waals surface area contributed by atoms with Crippen molar-refractivity contribution in [1.82, 2.24) is 20.1 Å². The molecule has 1 N–H and O–H groups in total. The average molecular weight is 673 g/mol. The van der Waals surface area contributed by atoms with Crippen LogP contribution in [0.2, 0.25) is 0 Å². The molecule has 1 unspecified atom stereocenters. The van der Waals surface area contributed by atoms with Crippen LogP contribution in [0.25, 0.3) is 22.0 Å². The number of nitrogens with one attached hydrogen (secondary N) is 1. The fraction of sp³-hybridized carbons (Fsp3) is 0.342. The third-order valence-corrected chi connectivity index (χ3v) is 8.61. The van der Waals surface area contributed by atoms with E-state index >= 15 is 0 Å². The van der Waals surface area contributed by atoms with Crippen molar-refractivity contribution >= 4 is 34.3 Å². The van der Waals surface area contributed by atoms with E-state index in [2.05, 4.69) is 10.3 Å². The molecule has 3 aromatic carbocycles. The van der Waals surface area contributed by atoms with E-state index in [1.807, 2.05) is 60.7 Å². The summed E-state index contributed by atoms with van der Waals surface area (Å²) in [4.78, 5) is 59.7. The highest BCUT2D eigenvalue weighted by Gasteiger charge is 2.46. The first-order valence-corrected chi connectivity index (χ1v) is 16.4. The number of amides is 3. The van der Waals surface area contributed by atoms with Crippen LogP contribution in [0.1, 0.15) is 44.2 Å². The van der Waals surface area contributed by atoms with E-state index in [1.54, 1.807) is 44.3 Å². The van der Waals surface area contributed by atoms with Crippen LogP contribution >= 0.6 is 0 Å². The molecule has 0 radical (unpaired) electrons. The molecule has 1 aliphatic rings. The van der Waals surface area contributed by atoms with Gasteiger partial charge in [-0.2, -0.15) is 13.2 Å². The number of likely N-dealkylation sites (tertiary alicyclic amines) is 1. The number of nitrogens with zero attached hydrogens (tertiary/aromatic N) is 3. The van der Waals surface area contributed by atoms with Crippen molar-refractivity contribution < 1.29 is 32.3 Å². The number of hydrogen-bond donors (Lipinski definition) is 1. The highest BCUT2D eigenvalue weighted by atomic mass is 19.4. The van der Waals surface area contributed by atoms with Crippen molar-refractivity contribution in [3.63, 3.8) is 0 Å². The van der Waals surface area contributed by atoms with E-state index < -0.39 is 42.4 Å². The van der Waals surface area contributed by atoms with Crippen molar-refractivity contribution in [2.75, 3.05) is 13.1 Å². The van der Waals surface area contributed by atoms with Crippen molar-refractivity contribution in [1.29, 1.82) is 0 Å². The second-order valence-corrected chi connectivity index (χ2v) is 12.8. The zero-order valence-electron chi connectivity index (χ0n) is 27.5. The van der Waals surface area contributed by atoms with Crippen LogP contribution in [-0.2, 0) is 32.1 Å². The Labute approximate surface area is 283 Å². The number of aromatic nitrogens is 1. The molecule has 0 aliphatic carbocycles. The molecule has 1 aromatic heterocycles. The zero-order valence-corrected chi connectivity index (χ0v) is 27.5. The number of rotatable bonds is 10. The number of ketones is 1. The molecule has 5 rings (SSSR count). The van der Waals surface area contributed by atoms with Gasteiger partial charge < -0.3 is 15.1 Å². The highest BCUT2D eigenvalue weighted by Crippen LogP contribution is 2.27. The van der Waals surface area contributed by atoms with Gasteiger partial charge in [-0.3, -0.25) is 24.2 Å². The topological polar surface area (TPSA) is 99.7 Å². The van der Waals surface area contributed by atoms with Crippen molar-refractivity contribution in [3.05, 3.63) is 102 Å². The van der Waals surface area contributed by atoms with Crippen molar-refractivity contribution in [2.45, 2.75) is 64.3 Å². The van der Waals surface area contributed by atoms with Gasteiger partial charge in [0.25, 0.3) is 0 Å². The standard InChI is InChI=1S/C38H39F3N4O4/c1-25(2)19-33(45(37(49)38(39,40)41)23-27-15-16-28-10-3-4-11-29(28)21-27)36(48)43-32-14-8-18-44(24-34(32)46)35(47)22-26-9-7-12-30(20-26)31-13-5-6-17-42-31/h3-7,9-13,15-17,20-21,25,32-33H,8,14,18-19,22-24H2,1-2H3,(H,43,48)/t32-,33?/m0/s1. The summed E-state index contributed by atoms with van der Waals surface area (Å²) in [5.41, 5.74) is 2.81. The maximum atomic E-state index is 14.0. The molecule has 8 nitrogen and oxygen atoms in total. The summed E-state index contributed by atoms with van der Waals surface area (Å²) in [6.45, 7) is 3.09. The SMILES string of the molecule is CC(C)CC(C(=O)N[C@H]1CCCN(C(=O)Cc2cccc(-c3ccccn3)c2)CC1=O)N(Cc1ccc2ccccc2c1)C(=O)C(F)(F)F. The lowest BCUT2D eigenvalue weighted by Gasteiger charge is -2.33. The van der Waals surface area contributed by atoms with Crippen molar-refractivity contribution in [3.8, 4) is 11.3 Å². The molecular formula is C38H39F3N4O4. The molecule has 256 valence electrons. The van der Waals surface area contributed by atoms with Gasteiger partial charge in [0.15, 0.2) is 5.78 Å². The summed E-state index contributed by atoms with van der Waals surface area (Å²) >= 11 is 0. The van der Waals surface area contributed by atoms with E-state index in [4.69, 9.17) is 0 Å². The third-order valence-electron chi connectivity index (χ3n) is 8.61. The number of halogens is 3. The number of alkyl halides is 3. The summed E-state index contributed by atoms with van der Waals surface area (Å²) in [7, 11) is 0. The monoisotopic (exact) mass is 672 g/mol. The number of carbonyl (C=O) groups excluding carboxylic acids is 4. The Morgan fingerprint density at radius 1 is 0.939 bits per heavy atom. The summed E-state index contributed by atoms with van der Waals surface area (Å²) in [5, 5.41) is 4.33. The molecule has 0 saturated carbocycles. The normalized spacial score (nSPS) is 15.9. The highest BCUT2D eigenvalue weighted by molar-refractivity contribution is 5.96. The van der Waals surface area contributed by atoms with E-state index in [0.717, 1.165) is 27.6 Å². The van der Waals surface area contributed by atoms with E-state index in [-0.39, 0.29) is 44.2 Å². The van der Waals surface area contributed by atoms with Crippen LogP contribution < -0.4 is 5.32 Å². The number of benzene rings is 3. The van der Waals surface area contributed by atoms with Gasteiger partial charge in [-0.25, -0.2) is 0 Å². The largest absolute Gasteiger partial charge is 0.471 e. The predicted octanol–water partition coefficient (Wildman–Crippen LogP) is 6.13. The number of pyridine rings is 1. The predicted molar refractivity (Wildman–Crippen MR) is 180 cm³/mol. The van der Waals surface area contributed by atoms with Crippen LogP contribution in [0.15, 0.2) is 91.1 Å². The van der Waals surface area contributed by atoms with E-state index in [9.17, 15) is 32.3 Å². The molecule has 2 heterocycles. The van der Waals surface area contributed by atoms with Gasteiger partial charge >= 0.3 is 12.1 Å². The summed E-state index contributed by atoms with van der Waals surface area (Å²) in [5.74, 6) is -3.89. The van der Waals surface area contributed by atoms with Gasteiger partial charge in [-0.1, -0.05) is 74.5 Å². The second-order valence-electron chi connectivity index (χ2n) is 12.8. The smallest absolute Gasteiger partial charge is 0.344 e. The molecule has 49 heavy (non-hydrogen) atoms. The fourth-order valence-corrected chi connectivity index (χ4v) is 6.16. The number of Topliss-reactive ketones (excluding diaryl/α,β-unsaturated/α-hetero) is 1. The first-order valence-electron chi connectivity index (χ1n) is 16.4. The van der Waals surface area contributed by atoms with Gasteiger partial charge in [-0.15, -0.1) is 0 Å². The van der Waals surface area contributed by atoms with Gasteiger partial charge in [0, 0.05) is 24.8 Å². The van der Waals surface area contributed by atoms with Crippen molar-refractivity contribution in [2.24, 2.45) is 5.92 Å². The Bertz CT molecular complexity index is 1810. The van der Waals surface area contributed by atoms with Crippen LogP contribution in [-0.4, -0.2) is 69.6 Å². The van der Waals surface area contributed by atoms with Crippen LogP contribution in [0.4, 0.5) is 13.2 Å². The summed E-state index contributed by atoms with van der Waals surface area (Å²) in [6.07, 6.45) is -2.92. The molecule has 1 aliphatic heterocycles. The summed E-state index contributed by atoms with van der Waals surface area (Å²) in [6, 6.07) is 22.9. The quantitative estimate of drug-likeness (QED) is 0.219. The zero-order chi connectivity index (χ0) is 35.1. The maximum absolute atomic E-state index is 14.0. The summed E-state index contributed by atoms with van der Waals surface area (Å²) < 4.78 is 41.9.